The van der Waals surface area contributed by atoms with E-state index in [-0.39, 0.29) is 0 Å². The molecule has 0 spiro atoms. The van der Waals surface area contributed by atoms with Gasteiger partial charge in [0.2, 0.25) is 0 Å². The fraction of sp³-hybridized carbons (Fsp3) is 0.250. The molecule has 2 nitrogen and oxygen atoms in total. The lowest BCUT2D eigenvalue weighted by molar-refractivity contribution is -0.138. The van der Waals surface area contributed by atoms with Gasteiger partial charge in [-0.25, -0.2) is 0 Å². The Hall–Kier alpha value is -1.57. The monoisotopic (exact) mass is 190 g/mol. The first-order valence-corrected chi connectivity index (χ1v) is 4.53. The minimum atomic E-state index is -0.792. The lowest BCUT2D eigenvalue weighted by atomic mass is 9.93. The summed E-state index contributed by atoms with van der Waals surface area (Å²) in [4.78, 5) is 11.0. The fourth-order valence-electron chi connectivity index (χ4n) is 1.38. The van der Waals surface area contributed by atoms with Crippen LogP contribution in [0.25, 0.3) is 0 Å². The minimum Gasteiger partial charge on any atom is -0.481 e. The molecule has 0 unspecified atom stereocenters. The van der Waals surface area contributed by atoms with Crippen molar-refractivity contribution in [2.24, 2.45) is 0 Å². The Balaban J connectivity index is 2.89. The van der Waals surface area contributed by atoms with Crippen molar-refractivity contribution in [2.75, 3.05) is 0 Å². The van der Waals surface area contributed by atoms with Crippen LogP contribution in [0.5, 0.6) is 0 Å². The molecule has 0 aliphatic heterocycles. The SMILES string of the molecule is C=C(C)C[C@@H](C(=O)O)c1ccccc1. The summed E-state index contributed by atoms with van der Waals surface area (Å²) in [7, 11) is 0. The maximum Gasteiger partial charge on any atom is 0.311 e. The number of allylic oxidation sites excluding steroid dienone is 1. The van der Waals surface area contributed by atoms with Crippen LogP contribution in [0.1, 0.15) is 24.8 Å². The summed E-state index contributed by atoms with van der Waals surface area (Å²) in [5, 5.41) is 9.03. The zero-order chi connectivity index (χ0) is 10.6. The molecule has 0 aromatic heterocycles. The summed E-state index contributed by atoms with van der Waals surface area (Å²) >= 11 is 0. The summed E-state index contributed by atoms with van der Waals surface area (Å²) in [5.41, 5.74) is 1.73. The molecule has 14 heavy (non-hydrogen) atoms. The average molecular weight is 190 g/mol. The maximum absolute atomic E-state index is 11.0. The predicted octanol–water partition coefficient (Wildman–Crippen LogP) is 2.82. The van der Waals surface area contributed by atoms with E-state index in [1.165, 1.54) is 0 Å². The first kappa shape index (κ1) is 10.5. The summed E-state index contributed by atoms with van der Waals surface area (Å²) in [6.45, 7) is 5.59. The third-order valence-corrected chi connectivity index (χ3v) is 2.05. The van der Waals surface area contributed by atoms with Crippen LogP contribution in [0.4, 0.5) is 0 Å². The number of aliphatic carboxylic acids is 1. The molecular formula is C12H14O2. The molecule has 0 amide bonds. The Bertz CT molecular complexity index is 327. The van der Waals surface area contributed by atoms with E-state index in [0.717, 1.165) is 11.1 Å². The zero-order valence-electron chi connectivity index (χ0n) is 8.23. The zero-order valence-corrected chi connectivity index (χ0v) is 8.23. The number of rotatable bonds is 4. The van der Waals surface area contributed by atoms with Gasteiger partial charge in [0, 0.05) is 0 Å². The molecule has 0 aliphatic carbocycles. The normalized spacial score (nSPS) is 12.1. The second-order valence-electron chi connectivity index (χ2n) is 3.46. The molecule has 1 atom stereocenters. The van der Waals surface area contributed by atoms with Crippen molar-refractivity contribution in [1.29, 1.82) is 0 Å². The van der Waals surface area contributed by atoms with E-state index in [4.69, 9.17) is 5.11 Å². The highest BCUT2D eigenvalue weighted by molar-refractivity contribution is 5.76. The maximum atomic E-state index is 11.0. The van der Waals surface area contributed by atoms with E-state index >= 15 is 0 Å². The van der Waals surface area contributed by atoms with Crippen LogP contribution < -0.4 is 0 Å². The summed E-state index contributed by atoms with van der Waals surface area (Å²) in [6.07, 6.45) is 0.499. The summed E-state index contributed by atoms with van der Waals surface area (Å²) in [6, 6.07) is 9.25. The van der Waals surface area contributed by atoms with E-state index in [0.29, 0.717) is 6.42 Å². The van der Waals surface area contributed by atoms with E-state index in [9.17, 15) is 4.79 Å². The Morgan fingerprint density at radius 1 is 1.43 bits per heavy atom. The van der Waals surface area contributed by atoms with Gasteiger partial charge in [-0.05, 0) is 18.9 Å². The Kier molecular flexibility index (Phi) is 3.46. The van der Waals surface area contributed by atoms with E-state index in [1.807, 2.05) is 37.3 Å². The van der Waals surface area contributed by atoms with Gasteiger partial charge >= 0.3 is 5.97 Å². The van der Waals surface area contributed by atoms with E-state index in [1.54, 1.807) is 0 Å². The number of carbonyl (C=O) groups is 1. The van der Waals surface area contributed by atoms with Gasteiger partial charge in [0.05, 0.1) is 5.92 Å². The van der Waals surface area contributed by atoms with Crippen LogP contribution in [0, 0.1) is 0 Å². The Morgan fingerprint density at radius 2 is 2.00 bits per heavy atom. The van der Waals surface area contributed by atoms with Gasteiger partial charge in [-0.2, -0.15) is 0 Å². The van der Waals surface area contributed by atoms with Gasteiger partial charge in [-0.1, -0.05) is 35.9 Å². The van der Waals surface area contributed by atoms with Gasteiger partial charge in [0.1, 0.15) is 0 Å². The van der Waals surface area contributed by atoms with Crippen LogP contribution in [0.15, 0.2) is 42.5 Å². The highest BCUT2D eigenvalue weighted by atomic mass is 16.4. The van der Waals surface area contributed by atoms with Crippen LogP contribution in [-0.2, 0) is 4.79 Å². The second-order valence-corrected chi connectivity index (χ2v) is 3.46. The average Bonchev–Trinajstić information content (AvgIpc) is 2.15. The van der Waals surface area contributed by atoms with Gasteiger partial charge < -0.3 is 5.11 Å². The van der Waals surface area contributed by atoms with Crippen LogP contribution in [-0.4, -0.2) is 11.1 Å². The standard InChI is InChI=1S/C12H14O2/c1-9(2)8-11(12(13)14)10-6-4-3-5-7-10/h3-7,11H,1,8H2,2H3,(H,13,14)/t11-/m1/s1. The van der Waals surface area contributed by atoms with Crippen molar-refractivity contribution in [1.82, 2.24) is 0 Å². The van der Waals surface area contributed by atoms with Crippen LogP contribution in [0.2, 0.25) is 0 Å². The highest BCUT2D eigenvalue weighted by Gasteiger charge is 2.18. The van der Waals surface area contributed by atoms with Crippen LogP contribution in [0.3, 0.4) is 0 Å². The summed E-state index contributed by atoms with van der Waals surface area (Å²) in [5.74, 6) is -1.26. The molecule has 0 bridgehead atoms. The molecule has 2 heteroatoms. The molecule has 1 aromatic carbocycles. The topological polar surface area (TPSA) is 37.3 Å². The Morgan fingerprint density at radius 3 is 2.43 bits per heavy atom. The molecule has 1 rings (SSSR count). The van der Waals surface area contributed by atoms with Crippen molar-refractivity contribution in [2.45, 2.75) is 19.3 Å². The van der Waals surface area contributed by atoms with Gasteiger partial charge in [0.25, 0.3) is 0 Å². The molecule has 74 valence electrons. The van der Waals surface area contributed by atoms with Crippen molar-refractivity contribution >= 4 is 5.97 Å². The Labute approximate surface area is 83.9 Å². The molecule has 0 saturated carbocycles. The number of benzene rings is 1. The number of hydrogen-bond donors (Lipinski definition) is 1. The van der Waals surface area contributed by atoms with Crippen molar-refractivity contribution in [3.63, 3.8) is 0 Å². The third kappa shape index (κ3) is 2.73. The van der Waals surface area contributed by atoms with Gasteiger partial charge in [0.15, 0.2) is 0 Å². The molecule has 0 saturated heterocycles. The van der Waals surface area contributed by atoms with E-state index < -0.39 is 11.9 Å². The number of carboxylic acids is 1. The fourth-order valence-corrected chi connectivity index (χ4v) is 1.38. The second kappa shape index (κ2) is 4.61. The van der Waals surface area contributed by atoms with Crippen molar-refractivity contribution in [3.05, 3.63) is 48.0 Å². The number of carboxylic acid groups (broad SMARTS) is 1. The summed E-state index contributed by atoms with van der Waals surface area (Å²) < 4.78 is 0. The molecule has 1 aromatic rings. The van der Waals surface area contributed by atoms with Crippen molar-refractivity contribution in [3.8, 4) is 0 Å². The molecule has 0 fully saturated rings. The molecule has 0 radical (unpaired) electrons. The first-order chi connectivity index (χ1) is 6.61. The predicted molar refractivity (Wildman–Crippen MR) is 56.2 cm³/mol. The van der Waals surface area contributed by atoms with Crippen molar-refractivity contribution < 1.29 is 9.90 Å². The minimum absolute atomic E-state index is 0.464. The quantitative estimate of drug-likeness (QED) is 0.741. The largest absolute Gasteiger partial charge is 0.481 e. The lowest BCUT2D eigenvalue weighted by Gasteiger charge is -2.11. The van der Waals surface area contributed by atoms with E-state index in [2.05, 4.69) is 6.58 Å². The first-order valence-electron chi connectivity index (χ1n) is 4.53. The molecule has 0 aliphatic rings. The molecular weight excluding hydrogens is 176 g/mol. The van der Waals surface area contributed by atoms with Gasteiger partial charge in [-0.15, -0.1) is 6.58 Å². The van der Waals surface area contributed by atoms with Crippen LogP contribution >= 0.6 is 0 Å². The third-order valence-electron chi connectivity index (χ3n) is 2.05. The number of hydrogen-bond acceptors (Lipinski definition) is 1. The highest BCUT2D eigenvalue weighted by Crippen LogP contribution is 2.22. The lowest BCUT2D eigenvalue weighted by Crippen LogP contribution is -2.11. The molecule has 1 N–H and O–H groups in total. The smallest absolute Gasteiger partial charge is 0.311 e. The van der Waals surface area contributed by atoms with Gasteiger partial charge in [-0.3, -0.25) is 4.79 Å². The molecule has 0 heterocycles.